The van der Waals surface area contributed by atoms with Gasteiger partial charge in [-0.15, -0.1) is 0 Å². The molecule has 0 aromatic heterocycles. The van der Waals surface area contributed by atoms with Crippen LogP contribution in [0.1, 0.15) is 20.3 Å². The van der Waals surface area contributed by atoms with Gasteiger partial charge < -0.3 is 20.5 Å². The van der Waals surface area contributed by atoms with Crippen LogP contribution < -0.4 is 15.4 Å². The van der Waals surface area contributed by atoms with Crippen LogP contribution in [0, 0.1) is 5.41 Å². The molecule has 106 valence electrons. The lowest BCUT2D eigenvalue weighted by molar-refractivity contribution is 0.204. The largest absolute Gasteiger partial charge is 0.497 e. The van der Waals surface area contributed by atoms with Crippen LogP contribution in [0.25, 0.3) is 0 Å². The molecule has 0 heterocycles. The fourth-order valence-corrected chi connectivity index (χ4v) is 1.59. The molecule has 0 aliphatic rings. The number of methoxy groups -OCH3 is 1. The van der Waals surface area contributed by atoms with Crippen LogP contribution in [-0.4, -0.2) is 31.4 Å². The Labute approximate surface area is 114 Å². The van der Waals surface area contributed by atoms with Gasteiger partial charge in [0.05, 0.1) is 7.11 Å². The van der Waals surface area contributed by atoms with Crippen molar-refractivity contribution in [1.29, 1.82) is 0 Å². The summed E-state index contributed by atoms with van der Waals surface area (Å²) < 4.78 is 5.08. The van der Waals surface area contributed by atoms with Gasteiger partial charge in [-0.05, 0) is 24.0 Å². The maximum atomic E-state index is 11.7. The third-order valence-corrected chi connectivity index (χ3v) is 2.84. The van der Waals surface area contributed by atoms with E-state index in [1.807, 2.05) is 26.0 Å². The van der Waals surface area contributed by atoms with E-state index in [1.54, 1.807) is 19.2 Å². The van der Waals surface area contributed by atoms with Gasteiger partial charge >= 0.3 is 6.03 Å². The number of ether oxygens (including phenoxy) is 1. The van der Waals surface area contributed by atoms with E-state index in [0.717, 1.165) is 0 Å². The molecule has 0 unspecified atom stereocenters. The molecule has 0 atom stereocenters. The topological polar surface area (TPSA) is 70.6 Å². The molecule has 5 heteroatoms. The molecule has 0 saturated carbocycles. The summed E-state index contributed by atoms with van der Waals surface area (Å²) in [6.45, 7) is 4.61. The van der Waals surface area contributed by atoms with Crippen molar-refractivity contribution in [3.63, 3.8) is 0 Å². The van der Waals surface area contributed by atoms with Crippen molar-refractivity contribution < 1.29 is 14.6 Å². The Bertz CT molecular complexity index is 419. The molecule has 19 heavy (non-hydrogen) atoms. The fraction of sp³-hybridized carbons (Fsp3) is 0.500. The molecule has 0 saturated heterocycles. The van der Waals surface area contributed by atoms with Gasteiger partial charge in [-0.1, -0.05) is 19.9 Å². The van der Waals surface area contributed by atoms with Crippen LogP contribution in [0.3, 0.4) is 0 Å². The second-order valence-corrected chi connectivity index (χ2v) is 5.18. The number of rotatable bonds is 6. The Morgan fingerprint density at radius 3 is 2.79 bits per heavy atom. The quantitative estimate of drug-likeness (QED) is 0.739. The molecule has 0 aliphatic heterocycles. The zero-order chi connectivity index (χ0) is 14.3. The highest BCUT2D eigenvalue weighted by Crippen LogP contribution is 2.19. The first-order chi connectivity index (χ1) is 8.96. The zero-order valence-electron chi connectivity index (χ0n) is 11.7. The Kier molecular flexibility index (Phi) is 5.63. The molecule has 5 nitrogen and oxygen atoms in total. The summed E-state index contributed by atoms with van der Waals surface area (Å²) >= 11 is 0. The number of aliphatic hydroxyl groups is 1. The third kappa shape index (κ3) is 5.61. The van der Waals surface area contributed by atoms with Gasteiger partial charge in [0.2, 0.25) is 0 Å². The smallest absolute Gasteiger partial charge is 0.319 e. The van der Waals surface area contributed by atoms with Gasteiger partial charge in [-0.3, -0.25) is 0 Å². The minimum Gasteiger partial charge on any atom is -0.497 e. The molecule has 3 N–H and O–H groups in total. The molecule has 0 radical (unpaired) electrons. The average molecular weight is 266 g/mol. The van der Waals surface area contributed by atoms with Crippen molar-refractivity contribution in [3.05, 3.63) is 24.3 Å². The number of hydrogen-bond donors (Lipinski definition) is 3. The number of hydrogen-bond acceptors (Lipinski definition) is 3. The molecular weight excluding hydrogens is 244 g/mol. The first-order valence-electron chi connectivity index (χ1n) is 6.26. The predicted octanol–water partition coefficient (Wildman–Crippen LogP) is 2.23. The van der Waals surface area contributed by atoms with Gasteiger partial charge in [0.25, 0.3) is 0 Å². The van der Waals surface area contributed by atoms with Crippen LogP contribution in [0.15, 0.2) is 24.3 Å². The molecule has 0 fully saturated rings. The van der Waals surface area contributed by atoms with E-state index in [2.05, 4.69) is 10.6 Å². The molecule has 1 aromatic carbocycles. The highest BCUT2D eigenvalue weighted by molar-refractivity contribution is 5.89. The lowest BCUT2D eigenvalue weighted by Crippen LogP contribution is -2.37. The predicted molar refractivity (Wildman–Crippen MR) is 75.5 cm³/mol. The van der Waals surface area contributed by atoms with Gasteiger partial charge in [0.15, 0.2) is 0 Å². The molecule has 1 aromatic rings. The summed E-state index contributed by atoms with van der Waals surface area (Å²) in [6, 6.07) is 6.90. The van der Waals surface area contributed by atoms with E-state index in [0.29, 0.717) is 24.4 Å². The van der Waals surface area contributed by atoms with E-state index in [9.17, 15) is 4.79 Å². The van der Waals surface area contributed by atoms with Gasteiger partial charge in [-0.25, -0.2) is 4.79 Å². The van der Waals surface area contributed by atoms with Crippen molar-refractivity contribution in [3.8, 4) is 5.75 Å². The number of carbonyl (C=O) groups excluding carboxylic acids is 1. The van der Waals surface area contributed by atoms with E-state index in [4.69, 9.17) is 9.84 Å². The Balaban J connectivity index is 2.46. The highest BCUT2D eigenvalue weighted by atomic mass is 16.5. The second-order valence-electron chi connectivity index (χ2n) is 5.18. The Morgan fingerprint density at radius 2 is 2.16 bits per heavy atom. The number of benzene rings is 1. The van der Waals surface area contributed by atoms with E-state index < -0.39 is 0 Å². The normalized spacial score (nSPS) is 10.9. The third-order valence-electron chi connectivity index (χ3n) is 2.84. The number of nitrogens with one attached hydrogen (secondary N) is 2. The van der Waals surface area contributed by atoms with Gasteiger partial charge in [0.1, 0.15) is 5.75 Å². The molecule has 2 amide bonds. The lowest BCUT2D eigenvalue weighted by Gasteiger charge is -2.23. The van der Waals surface area contributed by atoms with Crippen molar-refractivity contribution in [2.45, 2.75) is 20.3 Å². The van der Waals surface area contributed by atoms with Crippen molar-refractivity contribution in [2.75, 3.05) is 25.6 Å². The SMILES string of the molecule is COc1cccc(NC(=O)NCC(C)(C)CCO)c1. The minimum atomic E-state index is -0.265. The number of urea groups is 1. The summed E-state index contributed by atoms with van der Waals surface area (Å²) in [5.74, 6) is 0.693. The van der Waals surface area contributed by atoms with Crippen LogP contribution in [-0.2, 0) is 0 Å². The fourth-order valence-electron chi connectivity index (χ4n) is 1.59. The van der Waals surface area contributed by atoms with Crippen molar-refractivity contribution >= 4 is 11.7 Å². The van der Waals surface area contributed by atoms with Gasteiger partial charge in [-0.2, -0.15) is 0 Å². The number of anilines is 1. The molecular formula is C14H22N2O3. The molecule has 1 rings (SSSR count). The summed E-state index contributed by atoms with van der Waals surface area (Å²) in [5.41, 5.74) is 0.553. The zero-order valence-corrected chi connectivity index (χ0v) is 11.7. The molecule has 0 aliphatic carbocycles. The maximum absolute atomic E-state index is 11.7. The average Bonchev–Trinajstić information content (AvgIpc) is 2.37. The summed E-state index contributed by atoms with van der Waals surface area (Å²) in [5, 5.41) is 14.4. The van der Waals surface area contributed by atoms with E-state index in [-0.39, 0.29) is 18.1 Å². The first kappa shape index (κ1) is 15.3. The number of amides is 2. The molecule has 0 bridgehead atoms. The second kappa shape index (κ2) is 6.99. The molecule has 0 spiro atoms. The van der Waals surface area contributed by atoms with Crippen LogP contribution in [0.2, 0.25) is 0 Å². The van der Waals surface area contributed by atoms with Crippen LogP contribution in [0.5, 0.6) is 5.75 Å². The summed E-state index contributed by atoms with van der Waals surface area (Å²) in [6.07, 6.45) is 0.645. The van der Waals surface area contributed by atoms with Gasteiger partial charge in [0, 0.05) is 24.9 Å². The summed E-state index contributed by atoms with van der Waals surface area (Å²) in [4.78, 5) is 11.7. The van der Waals surface area contributed by atoms with Crippen molar-refractivity contribution in [2.24, 2.45) is 5.41 Å². The Morgan fingerprint density at radius 1 is 1.42 bits per heavy atom. The van der Waals surface area contributed by atoms with E-state index in [1.165, 1.54) is 0 Å². The number of aliphatic hydroxyl groups excluding tert-OH is 1. The Hall–Kier alpha value is -1.75. The monoisotopic (exact) mass is 266 g/mol. The maximum Gasteiger partial charge on any atom is 0.319 e. The van der Waals surface area contributed by atoms with E-state index >= 15 is 0 Å². The van der Waals surface area contributed by atoms with Crippen LogP contribution >= 0.6 is 0 Å². The van der Waals surface area contributed by atoms with Crippen molar-refractivity contribution in [1.82, 2.24) is 5.32 Å². The number of carbonyl (C=O) groups is 1. The van der Waals surface area contributed by atoms with Crippen LogP contribution in [0.4, 0.5) is 10.5 Å². The lowest BCUT2D eigenvalue weighted by atomic mass is 9.90. The summed E-state index contributed by atoms with van der Waals surface area (Å²) in [7, 11) is 1.58. The minimum absolute atomic E-state index is 0.117. The standard InChI is InChI=1S/C14H22N2O3/c1-14(2,7-8-17)10-15-13(18)16-11-5-4-6-12(9-11)19-3/h4-6,9,17H,7-8,10H2,1-3H3,(H2,15,16,18). The highest BCUT2D eigenvalue weighted by Gasteiger charge is 2.18. The first-order valence-corrected chi connectivity index (χ1v) is 6.26.